The molecule has 5 nitrogen and oxygen atoms in total. The third kappa shape index (κ3) is 4.89. The van der Waals surface area contributed by atoms with E-state index in [4.69, 9.17) is 5.11 Å². The lowest BCUT2D eigenvalue weighted by Crippen LogP contribution is -2.24. The average Bonchev–Trinajstić information content (AvgIpc) is 2.94. The van der Waals surface area contributed by atoms with Crippen LogP contribution in [0.25, 0.3) is 0 Å². The van der Waals surface area contributed by atoms with Crippen molar-refractivity contribution in [3.63, 3.8) is 0 Å². The number of nitrogens with one attached hydrogen (secondary N) is 1. The average molecular weight is 326 g/mol. The van der Waals surface area contributed by atoms with Crippen molar-refractivity contribution in [3.8, 4) is 0 Å². The van der Waals surface area contributed by atoms with Gasteiger partial charge >= 0.3 is 0 Å². The van der Waals surface area contributed by atoms with Gasteiger partial charge in [-0.3, -0.25) is 0 Å². The zero-order valence-electron chi connectivity index (χ0n) is 11.7. The Bertz CT molecular complexity index is 678. The van der Waals surface area contributed by atoms with Crippen LogP contribution in [-0.4, -0.2) is 18.5 Å². The molecule has 0 bridgehead atoms. The fourth-order valence-corrected chi connectivity index (χ4v) is 3.76. The molecule has 114 valence electrons. The van der Waals surface area contributed by atoms with Gasteiger partial charge in [-0.2, -0.15) is 0 Å². The van der Waals surface area contributed by atoms with Crippen LogP contribution in [0.15, 0.2) is 30.5 Å². The van der Waals surface area contributed by atoms with Crippen LogP contribution in [0, 0.1) is 0 Å². The number of aliphatic hydroxyl groups is 1. The van der Waals surface area contributed by atoms with Crippen LogP contribution in [0.4, 0.5) is 0 Å². The maximum atomic E-state index is 12.0. The predicted molar refractivity (Wildman–Crippen MR) is 83.3 cm³/mol. The molecule has 2 rings (SSSR count). The van der Waals surface area contributed by atoms with Crippen LogP contribution < -0.4 is 4.72 Å². The van der Waals surface area contributed by atoms with Crippen LogP contribution in [0.2, 0.25) is 0 Å². The second kappa shape index (κ2) is 7.13. The van der Waals surface area contributed by atoms with Gasteiger partial charge in [-0.05, 0) is 17.5 Å². The number of nitrogens with zero attached hydrogens (tertiary/aromatic N) is 1. The monoisotopic (exact) mass is 326 g/mol. The number of thiazole rings is 1. The number of hydrogen-bond donors (Lipinski definition) is 2. The molecule has 0 saturated carbocycles. The maximum Gasteiger partial charge on any atom is 0.216 e. The lowest BCUT2D eigenvalue weighted by molar-refractivity contribution is 0.282. The minimum atomic E-state index is -3.40. The lowest BCUT2D eigenvalue weighted by Gasteiger charge is -2.06. The zero-order valence-corrected chi connectivity index (χ0v) is 13.4. The van der Waals surface area contributed by atoms with Crippen molar-refractivity contribution < 1.29 is 13.5 Å². The predicted octanol–water partition coefficient (Wildman–Crippen LogP) is 1.82. The van der Waals surface area contributed by atoms with Gasteiger partial charge in [0.05, 0.1) is 18.9 Å². The Hall–Kier alpha value is -1.28. The molecule has 0 spiro atoms. The highest BCUT2D eigenvalue weighted by Crippen LogP contribution is 2.14. The van der Waals surface area contributed by atoms with E-state index in [1.807, 2.05) is 6.92 Å². The molecule has 1 aromatic heterocycles. The number of aromatic nitrogens is 1. The molecule has 21 heavy (non-hydrogen) atoms. The lowest BCUT2D eigenvalue weighted by atomic mass is 10.2. The van der Waals surface area contributed by atoms with E-state index in [9.17, 15) is 8.42 Å². The Kier molecular flexibility index (Phi) is 5.46. The van der Waals surface area contributed by atoms with E-state index in [1.165, 1.54) is 11.3 Å². The van der Waals surface area contributed by atoms with Crippen molar-refractivity contribution in [3.05, 3.63) is 51.5 Å². The first-order valence-corrected chi connectivity index (χ1v) is 9.09. The third-order valence-electron chi connectivity index (χ3n) is 2.96. The molecule has 1 heterocycles. The van der Waals surface area contributed by atoms with Gasteiger partial charge in [0, 0.05) is 11.1 Å². The fraction of sp³-hybridized carbons (Fsp3) is 0.357. The van der Waals surface area contributed by atoms with Crippen molar-refractivity contribution in [2.24, 2.45) is 0 Å². The third-order valence-corrected chi connectivity index (χ3v) is 5.39. The molecule has 0 unspecified atom stereocenters. The smallest absolute Gasteiger partial charge is 0.216 e. The number of hydrogen-bond acceptors (Lipinski definition) is 5. The van der Waals surface area contributed by atoms with Crippen LogP contribution in [0.5, 0.6) is 0 Å². The highest BCUT2D eigenvalue weighted by molar-refractivity contribution is 7.88. The van der Waals surface area contributed by atoms with Crippen molar-refractivity contribution in [1.82, 2.24) is 9.71 Å². The van der Waals surface area contributed by atoms with Crippen molar-refractivity contribution >= 4 is 21.4 Å². The molecule has 0 aliphatic rings. The topological polar surface area (TPSA) is 79.3 Å². The fourth-order valence-electron chi connectivity index (χ4n) is 1.78. The first-order chi connectivity index (χ1) is 10.0. The summed E-state index contributed by atoms with van der Waals surface area (Å²) >= 11 is 1.52. The van der Waals surface area contributed by atoms with Crippen molar-refractivity contribution in [1.29, 1.82) is 0 Å². The second-order valence-electron chi connectivity index (χ2n) is 4.63. The summed E-state index contributed by atoms with van der Waals surface area (Å²) in [6, 6.07) is 6.87. The Balaban J connectivity index is 1.94. The van der Waals surface area contributed by atoms with E-state index in [2.05, 4.69) is 9.71 Å². The van der Waals surface area contributed by atoms with Crippen LogP contribution in [-0.2, 0) is 35.3 Å². The number of benzene rings is 1. The van der Waals surface area contributed by atoms with Crippen molar-refractivity contribution in [2.45, 2.75) is 32.2 Å². The molecule has 2 aromatic rings. The van der Waals surface area contributed by atoms with Crippen LogP contribution in [0.3, 0.4) is 0 Å². The molecular weight excluding hydrogens is 308 g/mol. The molecule has 7 heteroatoms. The summed E-state index contributed by atoms with van der Waals surface area (Å²) in [7, 11) is -3.40. The molecule has 0 amide bonds. The Labute approximate surface area is 128 Å². The summed E-state index contributed by atoms with van der Waals surface area (Å²) in [5.74, 6) is -0.0787. The zero-order chi connectivity index (χ0) is 15.3. The van der Waals surface area contributed by atoms with Crippen molar-refractivity contribution in [2.75, 3.05) is 0 Å². The molecule has 0 atom stereocenters. The number of sulfonamides is 1. The molecule has 0 aliphatic carbocycles. The molecule has 0 aliphatic heterocycles. The number of aryl methyl sites for hydroxylation is 1. The Morgan fingerprint density at radius 3 is 2.48 bits per heavy atom. The SMILES string of the molecule is CCc1cnc(CNS(=O)(=O)Cc2ccc(CO)cc2)s1. The summed E-state index contributed by atoms with van der Waals surface area (Å²) in [5.41, 5.74) is 1.45. The van der Waals surface area contributed by atoms with Gasteiger partial charge in [0.25, 0.3) is 0 Å². The molecule has 2 N–H and O–H groups in total. The van der Waals surface area contributed by atoms with E-state index in [1.54, 1.807) is 30.5 Å². The summed E-state index contributed by atoms with van der Waals surface area (Å²) in [6.45, 7) is 2.22. The first-order valence-electron chi connectivity index (χ1n) is 6.62. The van der Waals surface area contributed by atoms with Gasteiger partial charge in [-0.15, -0.1) is 11.3 Å². The van der Waals surface area contributed by atoms with E-state index in [0.717, 1.165) is 21.9 Å². The summed E-state index contributed by atoms with van der Waals surface area (Å²) in [5, 5.41) is 9.73. The summed E-state index contributed by atoms with van der Waals surface area (Å²) in [6.07, 6.45) is 2.68. The highest BCUT2D eigenvalue weighted by atomic mass is 32.2. The van der Waals surface area contributed by atoms with Gasteiger partial charge in [-0.1, -0.05) is 31.2 Å². The molecule has 0 radical (unpaired) electrons. The normalized spacial score (nSPS) is 11.7. The molecule has 0 saturated heterocycles. The molecule has 1 aromatic carbocycles. The van der Waals surface area contributed by atoms with Gasteiger partial charge in [0.1, 0.15) is 5.01 Å². The first kappa shape index (κ1) is 16.1. The number of rotatable bonds is 7. The summed E-state index contributed by atoms with van der Waals surface area (Å²) < 4.78 is 26.6. The van der Waals surface area contributed by atoms with Gasteiger partial charge < -0.3 is 5.11 Å². The van der Waals surface area contributed by atoms with Crippen LogP contribution >= 0.6 is 11.3 Å². The highest BCUT2D eigenvalue weighted by Gasteiger charge is 2.12. The minimum absolute atomic E-state index is 0.0465. The largest absolute Gasteiger partial charge is 0.392 e. The van der Waals surface area contributed by atoms with Gasteiger partial charge in [0.2, 0.25) is 10.0 Å². The second-order valence-corrected chi connectivity index (χ2v) is 7.64. The van der Waals surface area contributed by atoms with Gasteiger partial charge in [0.15, 0.2) is 0 Å². The number of aliphatic hydroxyl groups excluding tert-OH is 1. The standard InChI is InChI=1S/C14H18N2O3S2/c1-2-13-7-15-14(20-13)8-16-21(18,19)10-12-5-3-11(9-17)4-6-12/h3-7,16-17H,2,8-10H2,1H3. The van der Waals surface area contributed by atoms with E-state index in [-0.39, 0.29) is 18.9 Å². The molecule has 0 fully saturated rings. The Morgan fingerprint density at radius 2 is 1.90 bits per heavy atom. The minimum Gasteiger partial charge on any atom is -0.392 e. The summed E-state index contributed by atoms with van der Waals surface area (Å²) in [4.78, 5) is 5.33. The van der Waals surface area contributed by atoms with E-state index in [0.29, 0.717) is 5.56 Å². The van der Waals surface area contributed by atoms with E-state index < -0.39 is 10.0 Å². The van der Waals surface area contributed by atoms with Crippen LogP contribution in [0.1, 0.15) is 27.9 Å². The molecular formula is C14H18N2O3S2. The maximum absolute atomic E-state index is 12.0. The Morgan fingerprint density at radius 1 is 1.24 bits per heavy atom. The van der Waals surface area contributed by atoms with E-state index >= 15 is 0 Å². The quantitative estimate of drug-likeness (QED) is 0.813. The van der Waals surface area contributed by atoms with Gasteiger partial charge in [-0.25, -0.2) is 18.1 Å².